The van der Waals surface area contributed by atoms with Crippen LogP contribution < -0.4 is 15.5 Å². The van der Waals surface area contributed by atoms with Crippen molar-refractivity contribution >= 4 is 28.3 Å². The minimum Gasteiger partial charge on any atom is -0.497 e. The van der Waals surface area contributed by atoms with Gasteiger partial charge < -0.3 is 14.6 Å². The van der Waals surface area contributed by atoms with Gasteiger partial charge in [0, 0.05) is 22.8 Å². The summed E-state index contributed by atoms with van der Waals surface area (Å²) in [6, 6.07) is 17.3. The standard InChI is InChI=1S/C26H21FN2O4/c1-16-3-5-17(6-4-16)25(31)22-14-29(23-12-7-18(27)13-21(23)26(22)32)15-24(30)28-19-8-10-20(33-2)11-9-19/h3-14H,15H2,1-2H3,(H,28,30). The highest BCUT2D eigenvalue weighted by molar-refractivity contribution is 6.10. The molecule has 0 spiro atoms. The van der Waals surface area contributed by atoms with E-state index in [-0.39, 0.29) is 23.4 Å². The Bertz CT molecular complexity index is 1410. The van der Waals surface area contributed by atoms with E-state index in [0.717, 1.165) is 11.6 Å². The van der Waals surface area contributed by atoms with Gasteiger partial charge in [-0.3, -0.25) is 14.4 Å². The second kappa shape index (κ2) is 9.08. The molecule has 1 amide bonds. The maximum Gasteiger partial charge on any atom is 0.244 e. The third kappa shape index (κ3) is 4.67. The van der Waals surface area contributed by atoms with Crippen LogP contribution in [0, 0.1) is 12.7 Å². The predicted octanol–water partition coefficient (Wildman–Crippen LogP) is 4.33. The average molecular weight is 444 g/mol. The van der Waals surface area contributed by atoms with E-state index >= 15 is 0 Å². The van der Waals surface area contributed by atoms with Gasteiger partial charge in [-0.15, -0.1) is 0 Å². The quantitative estimate of drug-likeness (QED) is 0.449. The van der Waals surface area contributed by atoms with Crippen LogP contribution in [0.25, 0.3) is 10.9 Å². The fourth-order valence-electron chi connectivity index (χ4n) is 3.55. The number of ketones is 1. The number of hydrogen-bond donors (Lipinski definition) is 1. The number of halogens is 1. The Morgan fingerprint density at radius 2 is 1.70 bits per heavy atom. The number of anilines is 1. The first-order valence-corrected chi connectivity index (χ1v) is 10.2. The van der Waals surface area contributed by atoms with Crippen molar-refractivity contribution in [1.29, 1.82) is 0 Å². The highest BCUT2D eigenvalue weighted by atomic mass is 19.1. The fourth-order valence-corrected chi connectivity index (χ4v) is 3.55. The maximum atomic E-state index is 13.9. The van der Waals surface area contributed by atoms with E-state index in [9.17, 15) is 18.8 Å². The summed E-state index contributed by atoms with van der Waals surface area (Å²) in [6.45, 7) is 1.71. The molecule has 166 valence electrons. The Morgan fingerprint density at radius 3 is 2.36 bits per heavy atom. The van der Waals surface area contributed by atoms with Crippen molar-refractivity contribution in [3.05, 3.63) is 106 Å². The molecule has 6 nitrogen and oxygen atoms in total. The van der Waals surface area contributed by atoms with E-state index in [4.69, 9.17) is 4.74 Å². The molecule has 1 aromatic heterocycles. The summed E-state index contributed by atoms with van der Waals surface area (Å²) < 4.78 is 20.5. The van der Waals surface area contributed by atoms with Crippen molar-refractivity contribution < 1.29 is 18.7 Å². The van der Waals surface area contributed by atoms with Crippen LogP contribution in [0.4, 0.5) is 10.1 Å². The molecule has 0 aliphatic carbocycles. The number of hydrogen-bond acceptors (Lipinski definition) is 4. The van der Waals surface area contributed by atoms with Crippen LogP contribution in [0.15, 0.2) is 77.7 Å². The summed E-state index contributed by atoms with van der Waals surface area (Å²) in [5, 5.41) is 2.80. The molecule has 1 N–H and O–H groups in total. The molecular formula is C26H21FN2O4. The highest BCUT2D eigenvalue weighted by Gasteiger charge is 2.19. The average Bonchev–Trinajstić information content (AvgIpc) is 2.81. The van der Waals surface area contributed by atoms with Gasteiger partial charge in [0.1, 0.15) is 18.1 Å². The molecule has 4 aromatic rings. The molecule has 0 radical (unpaired) electrons. The highest BCUT2D eigenvalue weighted by Crippen LogP contribution is 2.18. The molecular weight excluding hydrogens is 423 g/mol. The van der Waals surface area contributed by atoms with Crippen LogP contribution in [-0.2, 0) is 11.3 Å². The second-order valence-electron chi connectivity index (χ2n) is 7.63. The molecule has 0 fully saturated rings. The molecule has 0 aliphatic heterocycles. The van der Waals surface area contributed by atoms with E-state index in [1.54, 1.807) is 55.6 Å². The molecule has 0 unspecified atom stereocenters. The minimum atomic E-state index is -0.603. The van der Waals surface area contributed by atoms with Crippen molar-refractivity contribution in [1.82, 2.24) is 4.57 Å². The molecule has 1 heterocycles. The summed E-state index contributed by atoms with van der Waals surface area (Å²) in [7, 11) is 1.55. The second-order valence-corrected chi connectivity index (χ2v) is 7.63. The van der Waals surface area contributed by atoms with Gasteiger partial charge >= 0.3 is 0 Å². The number of aromatic nitrogens is 1. The SMILES string of the molecule is COc1ccc(NC(=O)Cn2cc(C(=O)c3ccc(C)cc3)c(=O)c3cc(F)ccc32)cc1. The Balaban J connectivity index is 1.72. The predicted molar refractivity (Wildman–Crippen MR) is 124 cm³/mol. The van der Waals surface area contributed by atoms with Gasteiger partial charge in [0.25, 0.3) is 0 Å². The van der Waals surface area contributed by atoms with E-state index in [2.05, 4.69) is 5.32 Å². The molecule has 3 aromatic carbocycles. The monoisotopic (exact) mass is 444 g/mol. The Labute approximate surface area is 189 Å². The summed E-state index contributed by atoms with van der Waals surface area (Å²) in [4.78, 5) is 38.8. The number of ether oxygens (including phenoxy) is 1. The number of methoxy groups -OCH3 is 1. The molecule has 4 rings (SSSR count). The van der Waals surface area contributed by atoms with E-state index in [1.807, 2.05) is 6.92 Å². The van der Waals surface area contributed by atoms with Crippen LogP contribution in [0.5, 0.6) is 5.75 Å². The summed E-state index contributed by atoms with van der Waals surface area (Å²) >= 11 is 0. The van der Waals surface area contributed by atoms with Gasteiger partial charge in [0.05, 0.1) is 18.2 Å². The molecule has 0 saturated heterocycles. The number of benzene rings is 3. The van der Waals surface area contributed by atoms with E-state index in [0.29, 0.717) is 22.5 Å². The van der Waals surface area contributed by atoms with Gasteiger partial charge in [0.2, 0.25) is 11.3 Å². The van der Waals surface area contributed by atoms with Crippen molar-refractivity contribution in [3.8, 4) is 5.75 Å². The molecule has 0 bridgehead atoms. The van der Waals surface area contributed by atoms with Crippen molar-refractivity contribution in [2.24, 2.45) is 0 Å². The number of carbonyl (C=O) groups excluding carboxylic acids is 2. The smallest absolute Gasteiger partial charge is 0.244 e. The van der Waals surface area contributed by atoms with Crippen molar-refractivity contribution in [3.63, 3.8) is 0 Å². The van der Waals surface area contributed by atoms with E-state index in [1.165, 1.54) is 22.9 Å². The summed E-state index contributed by atoms with van der Waals surface area (Å²) in [5.74, 6) is -0.812. The first-order valence-electron chi connectivity index (χ1n) is 10.2. The van der Waals surface area contributed by atoms with Crippen molar-refractivity contribution in [2.75, 3.05) is 12.4 Å². The molecule has 33 heavy (non-hydrogen) atoms. The first-order chi connectivity index (χ1) is 15.9. The molecule has 0 saturated carbocycles. The number of aryl methyl sites for hydroxylation is 1. The fraction of sp³-hybridized carbons (Fsp3) is 0.115. The van der Waals surface area contributed by atoms with Crippen LogP contribution in [0.2, 0.25) is 0 Å². The topological polar surface area (TPSA) is 77.4 Å². The number of nitrogens with zero attached hydrogens (tertiary/aromatic N) is 1. The Kier molecular flexibility index (Phi) is 6.04. The lowest BCUT2D eigenvalue weighted by Gasteiger charge is -2.14. The zero-order chi connectivity index (χ0) is 23.5. The number of amides is 1. The lowest BCUT2D eigenvalue weighted by Crippen LogP contribution is -2.24. The van der Waals surface area contributed by atoms with Gasteiger partial charge in [-0.25, -0.2) is 4.39 Å². The lowest BCUT2D eigenvalue weighted by molar-refractivity contribution is -0.116. The Morgan fingerprint density at radius 1 is 1.00 bits per heavy atom. The molecule has 0 aliphatic rings. The van der Waals surface area contributed by atoms with Gasteiger partial charge in [-0.2, -0.15) is 0 Å². The zero-order valence-corrected chi connectivity index (χ0v) is 18.1. The Hall–Kier alpha value is -4.26. The zero-order valence-electron chi connectivity index (χ0n) is 18.1. The summed E-state index contributed by atoms with van der Waals surface area (Å²) in [5.41, 5.74) is 1.51. The number of pyridine rings is 1. The van der Waals surface area contributed by atoms with Crippen LogP contribution in [0.1, 0.15) is 21.5 Å². The largest absolute Gasteiger partial charge is 0.497 e. The normalized spacial score (nSPS) is 10.8. The minimum absolute atomic E-state index is 0.0326. The van der Waals surface area contributed by atoms with Gasteiger partial charge in [0.15, 0.2) is 5.78 Å². The van der Waals surface area contributed by atoms with Gasteiger partial charge in [-0.05, 0) is 49.4 Å². The number of nitrogens with one attached hydrogen (secondary N) is 1. The van der Waals surface area contributed by atoms with Crippen LogP contribution in [-0.4, -0.2) is 23.4 Å². The van der Waals surface area contributed by atoms with E-state index < -0.39 is 17.0 Å². The first kappa shape index (κ1) is 22.0. The van der Waals surface area contributed by atoms with Crippen LogP contribution >= 0.6 is 0 Å². The van der Waals surface area contributed by atoms with Crippen LogP contribution in [0.3, 0.4) is 0 Å². The third-order valence-corrected chi connectivity index (χ3v) is 5.29. The maximum absolute atomic E-state index is 13.9. The lowest BCUT2D eigenvalue weighted by atomic mass is 10.0. The number of fused-ring (bicyclic) bond motifs is 1. The number of carbonyl (C=O) groups is 2. The number of rotatable bonds is 6. The third-order valence-electron chi connectivity index (χ3n) is 5.29. The summed E-state index contributed by atoms with van der Waals surface area (Å²) in [6.07, 6.45) is 1.36. The molecule has 0 atom stereocenters. The van der Waals surface area contributed by atoms with Gasteiger partial charge in [-0.1, -0.05) is 29.8 Å². The molecule has 7 heteroatoms. The van der Waals surface area contributed by atoms with Crippen molar-refractivity contribution in [2.45, 2.75) is 13.5 Å².